The average Bonchev–Trinajstić information content (AvgIpc) is 3.02. The van der Waals surface area contributed by atoms with Crippen molar-refractivity contribution in [2.75, 3.05) is 7.11 Å². The van der Waals surface area contributed by atoms with Crippen LogP contribution in [0.3, 0.4) is 0 Å². The van der Waals surface area contributed by atoms with Gasteiger partial charge >= 0.3 is 0 Å². The fraction of sp³-hybridized carbons (Fsp3) is 0.600. The first-order valence-electron chi connectivity index (χ1n) is 6.74. The molecule has 2 nitrogen and oxygen atoms in total. The number of benzene rings is 1. The molecule has 2 N–H and O–H groups in total. The van der Waals surface area contributed by atoms with Crippen molar-refractivity contribution in [1.29, 1.82) is 0 Å². The predicted octanol–water partition coefficient (Wildman–Crippen LogP) is 3.22. The van der Waals surface area contributed by atoms with Crippen molar-refractivity contribution in [1.82, 2.24) is 0 Å². The summed E-state index contributed by atoms with van der Waals surface area (Å²) in [5.41, 5.74) is 10.2. The second-order valence-electron chi connectivity index (χ2n) is 5.71. The van der Waals surface area contributed by atoms with Gasteiger partial charge in [-0.05, 0) is 50.2 Å². The number of fused-ring (bicyclic) bond motifs is 1. The van der Waals surface area contributed by atoms with Crippen LogP contribution in [-0.2, 0) is 18.3 Å². The van der Waals surface area contributed by atoms with Crippen LogP contribution in [0.2, 0.25) is 5.02 Å². The molecule has 0 amide bonds. The summed E-state index contributed by atoms with van der Waals surface area (Å²) >= 11 is 6.53. The second kappa shape index (κ2) is 4.14. The average molecular weight is 266 g/mol. The Morgan fingerprint density at radius 3 is 2.67 bits per heavy atom. The molecule has 0 aliphatic heterocycles. The first kappa shape index (κ1) is 12.3. The summed E-state index contributed by atoms with van der Waals surface area (Å²) in [6.45, 7) is 2.09. The smallest absolute Gasteiger partial charge is 0.141 e. The van der Waals surface area contributed by atoms with Gasteiger partial charge in [-0.15, -0.1) is 0 Å². The lowest BCUT2D eigenvalue weighted by molar-refractivity contribution is 0.398. The molecule has 0 saturated heterocycles. The summed E-state index contributed by atoms with van der Waals surface area (Å²) in [6.07, 6.45) is 5.72. The number of halogens is 1. The Kier molecular flexibility index (Phi) is 2.83. The van der Waals surface area contributed by atoms with Gasteiger partial charge in [-0.3, -0.25) is 0 Å². The molecule has 0 spiro atoms. The van der Waals surface area contributed by atoms with Gasteiger partial charge in [-0.1, -0.05) is 17.7 Å². The highest BCUT2D eigenvalue weighted by molar-refractivity contribution is 6.33. The van der Waals surface area contributed by atoms with Crippen LogP contribution < -0.4 is 10.5 Å². The summed E-state index contributed by atoms with van der Waals surface area (Å²) < 4.78 is 5.59. The van der Waals surface area contributed by atoms with Gasteiger partial charge in [0, 0.05) is 17.0 Å². The maximum atomic E-state index is 6.53. The molecule has 1 aromatic carbocycles. The minimum atomic E-state index is 0.104. The Morgan fingerprint density at radius 1 is 1.39 bits per heavy atom. The molecule has 0 radical (unpaired) electrons. The molecular weight excluding hydrogens is 246 g/mol. The third-order valence-corrected chi connectivity index (χ3v) is 5.09. The summed E-state index contributed by atoms with van der Waals surface area (Å²) in [6, 6.07) is 2.46. The molecular formula is C15H20ClNO. The fourth-order valence-corrected chi connectivity index (χ4v) is 3.74. The van der Waals surface area contributed by atoms with E-state index < -0.39 is 0 Å². The number of hydrogen-bond donors (Lipinski definition) is 1. The van der Waals surface area contributed by atoms with Crippen LogP contribution in [0.25, 0.3) is 0 Å². The fourth-order valence-electron chi connectivity index (χ4n) is 3.35. The number of ether oxygens (including phenoxy) is 1. The van der Waals surface area contributed by atoms with Gasteiger partial charge in [-0.2, -0.15) is 0 Å². The molecule has 98 valence electrons. The van der Waals surface area contributed by atoms with E-state index in [0.29, 0.717) is 0 Å². The van der Waals surface area contributed by atoms with Gasteiger partial charge in [-0.25, -0.2) is 0 Å². The van der Waals surface area contributed by atoms with E-state index in [1.54, 1.807) is 7.11 Å². The highest BCUT2D eigenvalue weighted by atomic mass is 35.5. The van der Waals surface area contributed by atoms with Crippen molar-refractivity contribution in [2.45, 2.75) is 50.5 Å². The maximum absolute atomic E-state index is 6.53. The minimum absolute atomic E-state index is 0.104. The molecule has 3 heteroatoms. The molecule has 1 atom stereocenters. The van der Waals surface area contributed by atoms with Gasteiger partial charge in [0.05, 0.1) is 12.1 Å². The molecule has 1 fully saturated rings. The Bertz CT molecular complexity index is 492. The molecule has 1 unspecified atom stereocenters. The van der Waals surface area contributed by atoms with E-state index in [1.165, 1.54) is 23.1 Å². The van der Waals surface area contributed by atoms with E-state index in [-0.39, 0.29) is 11.5 Å². The third kappa shape index (κ3) is 1.59. The number of methoxy groups -OCH3 is 1. The Labute approximate surface area is 113 Å². The van der Waals surface area contributed by atoms with Crippen LogP contribution in [0.15, 0.2) is 6.07 Å². The Morgan fingerprint density at radius 2 is 2.11 bits per heavy atom. The molecule has 2 aliphatic carbocycles. The van der Waals surface area contributed by atoms with E-state index >= 15 is 0 Å². The van der Waals surface area contributed by atoms with Gasteiger partial charge in [0.25, 0.3) is 0 Å². The molecule has 1 saturated carbocycles. The Balaban J connectivity index is 2.18. The molecule has 2 aliphatic rings. The quantitative estimate of drug-likeness (QED) is 0.911. The zero-order chi connectivity index (χ0) is 12.9. The topological polar surface area (TPSA) is 35.2 Å². The van der Waals surface area contributed by atoms with Gasteiger partial charge in [0.1, 0.15) is 5.75 Å². The summed E-state index contributed by atoms with van der Waals surface area (Å²) in [7, 11) is 1.71. The standard InChI is InChI=1S/C15H20ClNO/c1-9(17)15(6-7-15)12-8-10-4-3-5-11(10)13(16)14(12)18-2/h8-9H,3-7,17H2,1-2H3. The SMILES string of the molecule is COc1c(C2(C(C)N)CC2)cc2c(c1Cl)CCC2. The van der Waals surface area contributed by atoms with Gasteiger partial charge < -0.3 is 10.5 Å². The lowest BCUT2D eigenvalue weighted by Crippen LogP contribution is -2.32. The highest BCUT2D eigenvalue weighted by Crippen LogP contribution is 2.55. The number of aryl methyl sites for hydroxylation is 1. The van der Waals surface area contributed by atoms with E-state index in [9.17, 15) is 0 Å². The van der Waals surface area contributed by atoms with E-state index in [0.717, 1.165) is 36.5 Å². The zero-order valence-corrected chi connectivity index (χ0v) is 11.8. The van der Waals surface area contributed by atoms with Crippen molar-refractivity contribution in [3.63, 3.8) is 0 Å². The van der Waals surface area contributed by atoms with Crippen molar-refractivity contribution in [3.05, 3.63) is 27.8 Å². The molecule has 0 aromatic heterocycles. The molecule has 0 heterocycles. The van der Waals surface area contributed by atoms with Crippen LogP contribution >= 0.6 is 11.6 Å². The Hall–Kier alpha value is -0.730. The lowest BCUT2D eigenvalue weighted by atomic mass is 9.86. The van der Waals surface area contributed by atoms with Crippen molar-refractivity contribution >= 4 is 11.6 Å². The van der Waals surface area contributed by atoms with Crippen molar-refractivity contribution in [2.24, 2.45) is 5.73 Å². The van der Waals surface area contributed by atoms with Gasteiger partial charge in [0.15, 0.2) is 0 Å². The summed E-state index contributed by atoms with van der Waals surface area (Å²) in [5.74, 6) is 0.868. The van der Waals surface area contributed by atoms with Crippen molar-refractivity contribution in [3.8, 4) is 5.75 Å². The minimum Gasteiger partial charge on any atom is -0.495 e. The van der Waals surface area contributed by atoms with Crippen LogP contribution in [0.1, 0.15) is 42.9 Å². The number of nitrogens with two attached hydrogens (primary N) is 1. The number of rotatable bonds is 3. The largest absolute Gasteiger partial charge is 0.495 e. The predicted molar refractivity (Wildman–Crippen MR) is 74.6 cm³/mol. The second-order valence-corrected chi connectivity index (χ2v) is 6.09. The van der Waals surface area contributed by atoms with Crippen LogP contribution in [-0.4, -0.2) is 13.2 Å². The summed E-state index contributed by atoms with van der Waals surface area (Å²) in [5, 5.41) is 0.828. The third-order valence-electron chi connectivity index (χ3n) is 4.69. The highest BCUT2D eigenvalue weighted by Gasteiger charge is 2.50. The molecule has 0 bridgehead atoms. The molecule has 18 heavy (non-hydrogen) atoms. The first-order chi connectivity index (χ1) is 8.60. The summed E-state index contributed by atoms with van der Waals surface area (Å²) in [4.78, 5) is 0. The van der Waals surface area contributed by atoms with Crippen LogP contribution in [0, 0.1) is 0 Å². The van der Waals surface area contributed by atoms with E-state index in [1.807, 2.05) is 0 Å². The van der Waals surface area contributed by atoms with Crippen LogP contribution in [0.4, 0.5) is 0 Å². The van der Waals surface area contributed by atoms with E-state index in [2.05, 4.69) is 13.0 Å². The van der Waals surface area contributed by atoms with Crippen molar-refractivity contribution < 1.29 is 4.74 Å². The monoisotopic (exact) mass is 265 g/mol. The normalized spacial score (nSPS) is 21.6. The van der Waals surface area contributed by atoms with Crippen LogP contribution in [0.5, 0.6) is 5.75 Å². The molecule has 1 aromatic rings. The lowest BCUT2D eigenvalue weighted by Gasteiger charge is -2.24. The first-order valence-corrected chi connectivity index (χ1v) is 7.12. The van der Waals surface area contributed by atoms with E-state index in [4.69, 9.17) is 22.1 Å². The zero-order valence-electron chi connectivity index (χ0n) is 11.1. The van der Waals surface area contributed by atoms with Gasteiger partial charge in [0.2, 0.25) is 0 Å². The molecule has 3 rings (SSSR count). The maximum Gasteiger partial charge on any atom is 0.141 e. The number of hydrogen-bond acceptors (Lipinski definition) is 2.